The predicted octanol–water partition coefficient (Wildman–Crippen LogP) is 7.17. The summed E-state index contributed by atoms with van der Waals surface area (Å²) in [6.45, 7) is 4.14. The highest BCUT2D eigenvalue weighted by Crippen LogP contribution is 2.46. The van der Waals surface area contributed by atoms with Crippen LogP contribution in [-0.2, 0) is 15.6 Å². The Kier molecular flexibility index (Phi) is 8.18. The van der Waals surface area contributed by atoms with E-state index >= 15 is 9.13 Å². The molecule has 43 heavy (non-hydrogen) atoms. The first-order chi connectivity index (χ1) is 20.9. The molecule has 6 aromatic carbocycles. The van der Waals surface area contributed by atoms with Crippen molar-refractivity contribution in [3.63, 3.8) is 0 Å². The smallest absolute Gasteiger partial charge is 0.171 e. The molecule has 6 aromatic rings. The van der Waals surface area contributed by atoms with Crippen molar-refractivity contribution < 1.29 is 9.13 Å². The molecule has 0 aliphatic rings. The highest BCUT2D eigenvalue weighted by molar-refractivity contribution is 7.85. The zero-order valence-corrected chi connectivity index (χ0v) is 26.2. The van der Waals surface area contributed by atoms with Crippen LogP contribution in [0.3, 0.4) is 0 Å². The van der Waals surface area contributed by atoms with Gasteiger partial charge in [-0.3, -0.25) is 0 Å². The molecular formula is C39H34O2P2. The van der Waals surface area contributed by atoms with Gasteiger partial charge in [0, 0.05) is 31.8 Å². The first-order valence-electron chi connectivity index (χ1n) is 14.5. The Morgan fingerprint density at radius 3 is 0.953 bits per heavy atom. The van der Waals surface area contributed by atoms with Crippen molar-refractivity contribution in [3.8, 4) is 0 Å². The Hall–Kier alpha value is -4.22. The Bertz CT molecular complexity index is 1720. The minimum atomic E-state index is -3.22. The molecule has 6 rings (SSSR count). The van der Waals surface area contributed by atoms with Gasteiger partial charge in [0.2, 0.25) is 0 Å². The standard InChI is InChI=1S/C39H34O2P2/c1-30-23-25-38(42(40,34-15-7-3-8-16-34)35-17-9-4-10-18-35)32(27-30)29-33-28-31(2)24-26-39(33)43(41,36-19-11-5-12-20-36)37-21-13-6-14-22-37/h3-28H,29H2,1-2H3. The number of hydrogen-bond acceptors (Lipinski definition) is 2. The highest BCUT2D eigenvalue weighted by atomic mass is 31.2. The van der Waals surface area contributed by atoms with Crippen molar-refractivity contribution >= 4 is 46.1 Å². The summed E-state index contributed by atoms with van der Waals surface area (Å²) in [5.74, 6) is 0. The van der Waals surface area contributed by atoms with Gasteiger partial charge in [0.25, 0.3) is 0 Å². The van der Waals surface area contributed by atoms with Gasteiger partial charge in [0.05, 0.1) is 0 Å². The lowest BCUT2D eigenvalue weighted by Gasteiger charge is -2.26. The predicted molar refractivity (Wildman–Crippen MR) is 184 cm³/mol. The van der Waals surface area contributed by atoms with E-state index in [0.717, 1.165) is 54.1 Å². The Labute approximate surface area is 254 Å². The van der Waals surface area contributed by atoms with Crippen LogP contribution in [0.15, 0.2) is 158 Å². The van der Waals surface area contributed by atoms with Crippen LogP contribution in [0.2, 0.25) is 0 Å². The van der Waals surface area contributed by atoms with Crippen molar-refractivity contribution in [2.24, 2.45) is 0 Å². The maximum Gasteiger partial charge on any atom is 0.171 e. The summed E-state index contributed by atoms with van der Waals surface area (Å²) < 4.78 is 31.0. The first kappa shape index (κ1) is 28.9. The molecule has 0 N–H and O–H groups in total. The first-order valence-corrected chi connectivity index (χ1v) is 17.9. The van der Waals surface area contributed by atoms with Gasteiger partial charge in [-0.25, -0.2) is 0 Å². The maximum atomic E-state index is 15.5. The molecule has 0 aromatic heterocycles. The van der Waals surface area contributed by atoms with Gasteiger partial charge in [0.1, 0.15) is 0 Å². The van der Waals surface area contributed by atoms with Crippen LogP contribution in [0.4, 0.5) is 0 Å². The summed E-state index contributed by atoms with van der Waals surface area (Å²) in [4.78, 5) is 0. The van der Waals surface area contributed by atoms with Crippen molar-refractivity contribution in [1.82, 2.24) is 0 Å². The molecule has 2 nitrogen and oxygen atoms in total. The van der Waals surface area contributed by atoms with Gasteiger partial charge in [-0.05, 0) is 31.4 Å². The molecule has 0 aliphatic heterocycles. The molecule has 0 unspecified atom stereocenters. The second kappa shape index (κ2) is 12.2. The summed E-state index contributed by atoms with van der Waals surface area (Å²) >= 11 is 0. The minimum Gasteiger partial charge on any atom is -0.309 e. The van der Waals surface area contributed by atoms with Crippen LogP contribution < -0.4 is 31.8 Å². The molecule has 4 heteroatoms. The zero-order valence-electron chi connectivity index (χ0n) is 24.4. The molecule has 0 spiro atoms. The van der Waals surface area contributed by atoms with Crippen LogP contribution in [0.5, 0.6) is 0 Å². The number of benzene rings is 6. The van der Waals surface area contributed by atoms with E-state index in [0.29, 0.717) is 6.42 Å². The van der Waals surface area contributed by atoms with Crippen LogP contribution in [0.1, 0.15) is 22.3 Å². The number of aryl methyl sites for hydroxylation is 2. The van der Waals surface area contributed by atoms with E-state index in [-0.39, 0.29) is 0 Å². The SMILES string of the molecule is Cc1ccc(P(=O)(c2ccccc2)c2ccccc2)c(Cc2cc(C)ccc2P(=O)(c2ccccc2)c2ccccc2)c1. The molecule has 0 bridgehead atoms. The van der Waals surface area contributed by atoms with Gasteiger partial charge in [0.15, 0.2) is 14.3 Å². The molecule has 0 atom stereocenters. The van der Waals surface area contributed by atoms with Gasteiger partial charge in [-0.2, -0.15) is 0 Å². The fourth-order valence-electron chi connectivity index (χ4n) is 5.94. The lowest BCUT2D eigenvalue weighted by molar-refractivity contribution is 0.591. The summed E-state index contributed by atoms with van der Waals surface area (Å²) in [5.41, 5.74) is 4.15. The zero-order chi connectivity index (χ0) is 29.9. The van der Waals surface area contributed by atoms with E-state index in [9.17, 15) is 0 Å². The third kappa shape index (κ3) is 5.50. The second-order valence-electron chi connectivity index (χ2n) is 11.0. The van der Waals surface area contributed by atoms with Crippen molar-refractivity contribution in [2.45, 2.75) is 20.3 Å². The summed E-state index contributed by atoms with van der Waals surface area (Å²) in [6, 6.07) is 51.6. The monoisotopic (exact) mass is 596 g/mol. The molecule has 0 amide bonds. The van der Waals surface area contributed by atoms with E-state index in [2.05, 4.69) is 26.0 Å². The Balaban J connectivity index is 1.59. The van der Waals surface area contributed by atoms with Crippen molar-refractivity contribution in [3.05, 3.63) is 180 Å². The lowest BCUT2D eigenvalue weighted by atomic mass is 10.0. The van der Waals surface area contributed by atoms with Crippen molar-refractivity contribution in [2.75, 3.05) is 0 Å². The van der Waals surface area contributed by atoms with E-state index in [1.807, 2.05) is 146 Å². The normalized spacial score (nSPS) is 11.8. The average molecular weight is 597 g/mol. The number of rotatable bonds is 8. The van der Waals surface area contributed by atoms with Gasteiger partial charge < -0.3 is 9.13 Å². The topological polar surface area (TPSA) is 34.1 Å². The van der Waals surface area contributed by atoms with Crippen LogP contribution in [0.25, 0.3) is 0 Å². The van der Waals surface area contributed by atoms with E-state index in [1.165, 1.54) is 0 Å². The molecule has 0 heterocycles. The Morgan fingerprint density at radius 1 is 0.395 bits per heavy atom. The molecule has 0 aliphatic carbocycles. The third-order valence-corrected chi connectivity index (χ3v) is 14.3. The van der Waals surface area contributed by atoms with Gasteiger partial charge >= 0.3 is 0 Å². The van der Waals surface area contributed by atoms with Gasteiger partial charge in [-0.15, -0.1) is 0 Å². The molecule has 0 saturated heterocycles. The quantitative estimate of drug-likeness (QED) is 0.175. The third-order valence-electron chi connectivity index (χ3n) is 8.01. The summed E-state index contributed by atoms with van der Waals surface area (Å²) in [6.07, 6.45) is 0.501. The van der Waals surface area contributed by atoms with Crippen molar-refractivity contribution in [1.29, 1.82) is 0 Å². The van der Waals surface area contributed by atoms with E-state index < -0.39 is 14.3 Å². The van der Waals surface area contributed by atoms with E-state index in [1.54, 1.807) is 0 Å². The maximum absolute atomic E-state index is 15.5. The largest absolute Gasteiger partial charge is 0.309 e. The van der Waals surface area contributed by atoms with Gasteiger partial charge in [-0.1, -0.05) is 169 Å². The highest BCUT2D eigenvalue weighted by Gasteiger charge is 2.34. The lowest BCUT2D eigenvalue weighted by Crippen LogP contribution is -2.30. The molecular weight excluding hydrogens is 562 g/mol. The van der Waals surface area contributed by atoms with Crippen LogP contribution in [0, 0.1) is 13.8 Å². The minimum absolute atomic E-state index is 0.501. The number of hydrogen-bond donors (Lipinski definition) is 0. The second-order valence-corrected chi connectivity index (χ2v) is 16.5. The molecule has 0 saturated carbocycles. The molecule has 0 radical (unpaired) electrons. The molecule has 0 fully saturated rings. The summed E-state index contributed by atoms with van der Waals surface area (Å²) in [5, 5.41) is 4.84. The van der Waals surface area contributed by atoms with Crippen LogP contribution >= 0.6 is 14.3 Å². The fraction of sp³-hybridized carbons (Fsp3) is 0.0769. The molecule has 212 valence electrons. The Morgan fingerprint density at radius 2 is 0.674 bits per heavy atom. The fourth-order valence-corrected chi connectivity index (χ4v) is 11.7. The van der Waals surface area contributed by atoms with Crippen LogP contribution in [-0.4, -0.2) is 0 Å². The van der Waals surface area contributed by atoms with E-state index in [4.69, 9.17) is 0 Å². The summed E-state index contributed by atoms with van der Waals surface area (Å²) in [7, 11) is -6.45. The average Bonchev–Trinajstić information content (AvgIpc) is 3.06.